The minimum absolute atomic E-state index is 0.845. The fraction of sp³-hybridized carbons (Fsp3) is 1.00. The molecule has 12 heteroatoms. The molecule has 0 aromatic rings. The molecule has 1 rings (SSSR count). The van der Waals surface area contributed by atoms with Crippen LogP contribution in [0.25, 0.3) is 0 Å². The first-order chi connectivity index (χ1) is 7.10. The van der Waals surface area contributed by atoms with Crippen molar-refractivity contribution < 1.29 is 24.7 Å². The van der Waals surface area contributed by atoms with Gasteiger partial charge in [0, 0.05) is 0 Å². The van der Waals surface area contributed by atoms with Crippen molar-refractivity contribution in [3.8, 4) is 0 Å². The monoisotopic (exact) mass is 318 g/mol. The van der Waals surface area contributed by atoms with Crippen LogP contribution in [0.4, 0.5) is 0 Å². The Balaban J connectivity index is 2.36. The summed E-state index contributed by atoms with van der Waals surface area (Å²) >= 11 is 0. The lowest BCUT2D eigenvalue weighted by Crippen LogP contribution is -2.43. The van der Waals surface area contributed by atoms with Crippen LogP contribution >= 0.6 is 0 Å². The van der Waals surface area contributed by atoms with Gasteiger partial charge in [0.1, 0.15) is 0 Å². The molecule has 0 bridgehead atoms. The Bertz CT molecular complexity index is 180. The number of hydrogen-bond acceptors (Lipinski definition) is 6. The van der Waals surface area contributed by atoms with Crippen LogP contribution in [0.1, 0.15) is 0 Å². The molecule has 90 valence electrons. The van der Waals surface area contributed by atoms with E-state index in [2.05, 4.69) is 0 Å². The molecule has 1 saturated heterocycles. The molecule has 1 fully saturated rings. The smallest absolute Gasteiger partial charge is 0.313 e. The fourth-order valence-electron chi connectivity index (χ4n) is 1.02. The first kappa shape index (κ1) is 14.1. The molecule has 0 amide bonds. The van der Waals surface area contributed by atoms with E-state index in [1.807, 2.05) is 19.6 Å². The Morgan fingerprint density at radius 2 is 1.53 bits per heavy atom. The third kappa shape index (κ3) is 7.07. The fourth-order valence-corrected chi connectivity index (χ4v) is 14.1. The van der Waals surface area contributed by atoms with E-state index in [0.29, 0.717) is 0 Å². The lowest BCUT2D eigenvalue weighted by atomic mass is 11.9. The van der Waals surface area contributed by atoms with Crippen molar-refractivity contribution in [2.45, 2.75) is 19.6 Å². The summed E-state index contributed by atoms with van der Waals surface area (Å²) in [4.78, 5) is 0. The van der Waals surface area contributed by atoms with Gasteiger partial charge in [0.2, 0.25) is 0 Å². The molecule has 0 aromatic heterocycles. The lowest BCUT2D eigenvalue weighted by molar-refractivity contribution is 0.313. The molecule has 1 atom stereocenters. The van der Waals surface area contributed by atoms with Crippen molar-refractivity contribution in [1.29, 1.82) is 0 Å². The average Bonchev–Trinajstić information content (AvgIpc) is 2.12. The number of rotatable bonds is 0. The maximum absolute atomic E-state index is 5.84. The Hall–Kier alpha value is 1.06. The van der Waals surface area contributed by atoms with Gasteiger partial charge in [0.15, 0.2) is 0 Å². The van der Waals surface area contributed by atoms with E-state index in [0.717, 1.165) is 0 Å². The van der Waals surface area contributed by atoms with E-state index in [1.165, 1.54) is 0 Å². The molecule has 1 unspecified atom stereocenters. The summed E-state index contributed by atoms with van der Waals surface area (Å²) in [7, 11) is -7.08. The van der Waals surface area contributed by atoms with Crippen molar-refractivity contribution in [2.75, 3.05) is 0 Å². The van der Waals surface area contributed by atoms with Gasteiger partial charge >= 0.3 is 8.56 Å². The van der Waals surface area contributed by atoms with E-state index in [4.69, 9.17) is 24.7 Å². The molecular formula is C3H18O6Si6. The van der Waals surface area contributed by atoms with Crippen molar-refractivity contribution in [3.05, 3.63) is 0 Å². The standard InChI is InChI=1S/C3H18O6Si6/c1-14-7-12-5-10-4-11-6-13-8-15(2,3)9-14/h14H,10-13H2,1-3H3. The zero-order chi connectivity index (χ0) is 11.1. The van der Waals surface area contributed by atoms with Gasteiger partial charge in [-0.15, -0.1) is 0 Å². The minimum Gasteiger partial charge on any atom is -0.425 e. The Morgan fingerprint density at radius 1 is 0.933 bits per heavy atom. The van der Waals surface area contributed by atoms with E-state index in [1.54, 1.807) is 0 Å². The minimum atomic E-state index is -2.01. The molecule has 1 heterocycles. The lowest BCUT2D eigenvalue weighted by Gasteiger charge is -2.27. The SMILES string of the molecule is C[SiH]1O[SiH2]O[SiH2]O[SiH2]O[SiH2]O[Si](C)(C)O1. The van der Waals surface area contributed by atoms with Crippen LogP contribution in [0.5, 0.6) is 0 Å². The quantitative estimate of drug-likeness (QED) is 0.435. The summed E-state index contributed by atoms with van der Waals surface area (Å²) in [5.74, 6) is 0. The first-order valence-electron chi connectivity index (χ1n) is 4.77. The second-order valence-corrected chi connectivity index (χ2v) is 16.7. The summed E-state index contributed by atoms with van der Waals surface area (Å²) in [6, 6.07) is 0. The van der Waals surface area contributed by atoms with Crippen LogP contribution in [0, 0.1) is 0 Å². The van der Waals surface area contributed by atoms with Gasteiger partial charge in [-0.3, -0.25) is 0 Å². The summed E-state index contributed by atoms with van der Waals surface area (Å²) in [5, 5.41) is 0. The Labute approximate surface area is 102 Å². The Morgan fingerprint density at radius 3 is 2.27 bits per heavy atom. The van der Waals surface area contributed by atoms with Gasteiger partial charge in [-0.1, -0.05) is 0 Å². The van der Waals surface area contributed by atoms with Crippen LogP contribution in [-0.4, -0.2) is 57.9 Å². The molecule has 0 aromatic carbocycles. The third-order valence-electron chi connectivity index (χ3n) is 1.66. The van der Waals surface area contributed by atoms with Crippen LogP contribution < -0.4 is 0 Å². The normalized spacial score (nSPS) is 36.6. The van der Waals surface area contributed by atoms with Gasteiger partial charge < -0.3 is 24.7 Å². The summed E-state index contributed by atoms with van der Waals surface area (Å²) in [6.07, 6.45) is 0. The first-order valence-corrected chi connectivity index (χ1v) is 14.3. The van der Waals surface area contributed by atoms with Crippen molar-refractivity contribution in [3.63, 3.8) is 0 Å². The highest BCUT2D eigenvalue weighted by atomic mass is 28.5. The van der Waals surface area contributed by atoms with Crippen LogP contribution in [0.3, 0.4) is 0 Å². The molecule has 0 spiro atoms. The third-order valence-corrected chi connectivity index (χ3v) is 14.9. The van der Waals surface area contributed by atoms with E-state index >= 15 is 0 Å². The molecule has 6 nitrogen and oxygen atoms in total. The highest BCUT2D eigenvalue weighted by Crippen LogP contribution is 2.08. The highest BCUT2D eigenvalue weighted by molar-refractivity contribution is 6.75. The molecule has 15 heavy (non-hydrogen) atoms. The molecule has 0 saturated carbocycles. The van der Waals surface area contributed by atoms with Crippen LogP contribution in [0.15, 0.2) is 0 Å². The maximum atomic E-state index is 5.84. The van der Waals surface area contributed by atoms with Gasteiger partial charge in [-0.2, -0.15) is 0 Å². The summed E-state index contributed by atoms with van der Waals surface area (Å²) in [5.41, 5.74) is 0. The second-order valence-electron chi connectivity index (χ2n) is 3.48. The van der Waals surface area contributed by atoms with E-state index < -0.39 is 57.9 Å². The van der Waals surface area contributed by atoms with Gasteiger partial charge in [0.25, 0.3) is 49.3 Å². The van der Waals surface area contributed by atoms with Crippen molar-refractivity contribution >= 4 is 57.9 Å². The molecule has 0 aliphatic carbocycles. The van der Waals surface area contributed by atoms with Crippen molar-refractivity contribution in [2.24, 2.45) is 0 Å². The molecule has 1 aliphatic heterocycles. The van der Waals surface area contributed by atoms with Gasteiger partial charge in [-0.25, -0.2) is 0 Å². The predicted octanol–water partition coefficient (Wildman–Crippen LogP) is -3.35. The number of hydrogen-bond donors (Lipinski definition) is 0. The predicted molar refractivity (Wildman–Crippen MR) is 71.2 cm³/mol. The second kappa shape index (κ2) is 7.40. The molecule has 1 aliphatic rings. The summed E-state index contributed by atoms with van der Waals surface area (Å²) in [6.45, 7) is 6.07. The Kier molecular flexibility index (Phi) is 6.97. The average molecular weight is 319 g/mol. The van der Waals surface area contributed by atoms with Crippen LogP contribution in [0.2, 0.25) is 19.6 Å². The molecule has 0 radical (unpaired) electrons. The molecular weight excluding hydrogens is 301 g/mol. The maximum Gasteiger partial charge on any atom is 0.313 e. The largest absolute Gasteiger partial charge is 0.425 e. The van der Waals surface area contributed by atoms with Gasteiger partial charge in [-0.05, 0) is 19.6 Å². The molecule has 0 N–H and O–H groups in total. The highest BCUT2D eigenvalue weighted by Gasteiger charge is 2.27. The summed E-state index contributed by atoms with van der Waals surface area (Å²) < 4.78 is 33.3. The topological polar surface area (TPSA) is 55.4 Å². The van der Waals surface area contributed by atoms with Crippen LogP contribution in [-0.2, 0) is 24.7 Å². The van der Waals surface area contributed by atoms with Gasteiger partial charge in [0.05, 0.1) is 0 Å². The van der Waals surface area contributed by atoms with Crippen molar-refractivity contribution in [1.82, 2.24) is 0 Å². The zero-order valence-corrected chi connectivity index (χ0v) is 17.2. The van der Waals surface area contributed by atoms with E-state index in [-0.39, 0.29) is 0 Å². The zero-order valence-electron chi connectivity index (χ0n) is 9.36. The van der Waals surface area contributed by atoms with E-state index in [9.17, 15) is 0 Å².